The number of nitrogens with zero attached hydrogens (tertiary/aromatic N) is 4. The molecule has 1 saturated carbocycles. The minimum absolute atomic E-state index is 0.227. The van der Waals surface area contributed by atoms with Gasteiger partial charge in [0.1, 0.15) is 11.5 Å². The van der Waals surface area contributed by atoms with Crippen LogP contribution in [0.5, 0.6) is 0 Å². The zero-order valence-corrected chi connectivity index (χ0v) is 14.9. The fraction of sp³-hybridized carbons (Fsp3) is 0.389. The van der Waals surface area contributed by atoms with Gasteiger partial charge in [-0.25, -0.2) is 15.0 Å². The largest absolute Gasteiger partial charge is 0.328 e. The van der Waals surface area contributed by atoms with Crippen molar-refractivity contribution in [1.82, 2.24) is 19.4 Å². The Labute approximate surface area is 151 Å². The van der Waals surface area contributed by atoms with Gasteiger partial charge >= 0.3 is 0 Å². The lowest BCUT2D eigenvalue weighted by Crippen LogP contribution is -2.45. The van der Waals surface area contributed by atoms with Crippen molar-refractivity contribution < 1.29 is 0 Å². The second kappa shape index (κ2) is 6.05. The van der Waals surface area contributed by atoms with Crippen LogP contribution in [0.2, 0.25) is 5.02 Å². The standard InChI is InChI=1S/C18H21ClN6/c1-11-9-23-17(18(21)5-2-13(20)3-6-18)24-16(11)14-10-22-15-8-12(19)4-7-25(14)15/h4,7-10,13H,2-3,5-6,20-21H2,1H3. The monoisotopic (exact) mass is 356 g/mol. The first-order valence-electron chi connectivity index (χ1n) is 8.48. The van der Waals surface area contributed by atoms with E-state index in [1.54, 1.807) is 0 Å². The Morgan fingerprint density at radius 3 is 2.76 bits per heavy atom. The number of imidazole rings is 1. The van der Waals surface area contributed by atoms with Crippen LogP contribution >= 0.6 is 11.6 Å². The molecule has 1 aliphatic rings. The molecule has 0 unspecified atom stereocenters. The average molecular weight is 357 g/mol. The fourth-order valence-electron chi connectivity index (χ4n) is 3.45. The molecule has 4 rings (SSSR count). The van der Waals surface area contributed by atoms with Crippen molar-refractivity contribution >= 4 is 17.2 Å². The predicted octanol–water partition coefficient (Wildman–Crippen LogP) is 2.81. The Bertz CT molecular complexity index is 926. The molecule has 3 heterocycles. The van der Waals surface area contributed by atoms with Gasteiger partial charge in [0.25, 0.3) is 0 Å². The Morgan fingerprint density at radius 2 is 2.00 bits per heavy atom. The van der Waals surface area contributed by atoms with E-state index >= 15 is 0 Å². The molecule has 0 radical (unpaired) electrons. The van der Waals surface area contributed by atoms with E-state index < -0.39 is 5.54 Å². The van der Waals surface area contributed by atoms with Crippen molar-refractivity contribution in [1.29, 1.82) is 0 Å². The van der Waals surface area contributed by atoms with Crippen LogP contribution in [0.4, 0.5) is 0 Å². The summed E-state index contributed by atoms with van der Waals surface area (Å²) in [7, 11) is 0. The average Bonchev–Trinajstić information content (AvgIpc) is 3.01. The van der Waals surface area contributed by atoms with Crippen LogP contribution in [0.15, 0.2) is 30.7 Å². The van der Waals surface area contributed by atoms with Crippen LogP contribution in [0.3, 0.4) is 0 Å². The van der Waals surface area contributed by atoms with E-state index in [4.69, 9.17) is 28.1 Å². The normalized spacial score (nSPS) is 23.9. The smallest absolute Gasteiger partial charge is 0.148 e. The maximum Gasteiger partial charge on any atom is 0.148 e. The zero-order chi connectivity index (χ0) is 17.6. The van der Waals surface area contributed by atoms with Crippen molar-refractivity contribution in [3.63, 3.8) is 0 Å². The summed E-state index contributed by atoms with van der Waals surface area (Å²) in [6, 6.07) is 3.89. The molecule has 25 heavy (non-hydrogen) atoms. The molecule has 1 aliphatic carbocycles. The lowest BCUT2D eigenvalue weighted by molar-refractivity contribution is 0.264. The Balaban J connectivity index is 1.80. The summed E-state index contributed by atoms with van der Waals surface area (Å²) in [4.78, 5) is 13.8. The number of halogens is 1. The summed E-state index contributed by atoms with van der Waals surface area (Å²) in [6.07, 6.45) is 8.97. The SMILES string of the molecule is Cc1cnc(C2(N)CCC(N)CC2)nc1-c1cnc2cc(Cl)ccn12. The van der Waals surface area contributed by atoms with E-state index in [1.165, 1.54) is 0 Å². The van der Waals surface area contributed by atoms with Gasteiger partial charge in [-0.05, 0) is 44.2 Å². The van der Waals surface area contributed by atoms with Gasteiger partial charge in [-0.15, -0.1) is 0 Å². The third-order valence-corrected chi connectivity index (χ3v) is 5.29. The third kappa shape index (κ3) is 2.90. The highest BCUT2D eigenvalue weighted by Gasteiger charge is 2.35. The van der Waals surface area contributed by atoms with Gasteiger partial charge < -0.3 is 11.5 Å². The van der Waals surface area contributed by atoms with E-state index in [2.05, 4.69) is 9.97 Å². The van der Waals surface area contributed by atoms with Crippen LogP contribution in [0.1, 0.15) is 37.1 Å². The number of rotatable bonds is 2. The minimum atomic E-state index is -0.512. The number of pyridine rings is 1. The quantitative estimate of drug-likeness (QED) is 0.736. The Morgan fingerprint density at radius 1 is 1.24 bits per heavy atom. The first kappa shape index (κ1) is 16.4. The van der Waals surface area contributed by atoms with Gasteiger partial charge in [0.05, 0.1) is 23.1 Å². The molecule has 3 aromatic heterocycles. The summed E-state index contributed by atoms with van der Waals surface area (Å²) in [6.45, 7) is 1.99. The maximum absolute atomic E-state index is 6.63. The maximum atomic E-state index is 6.63. The molecule has 4 N–H and O–H groups in total. The molecule has 130 valence electrons. The molecule has 0 atom stereocenters. The van der Waals surface area contributed by atoms with Crippen molar-refractivity contribution in [2.75, 3.05) is 0 Å². The molecular formula is C18H21ClN6. The molecule has 0 spiro atoms. The number of nitrogens with two attached hydrogens (primary N) is 2. The minimum Gasteiger partial charge on any atom is -0.328 e. The van der Waals surface area contributed by atoms with Crippen LogP contribution in [-0.2, 0) is 5.54 Å². The van der Waals surface area contributed by atoms with E-state index in [9.17, 15) is 0 Å². The molecule has 1 fully saturated rings. The van der Waals surface area contributed by atoms with E-state index in [-0.39, 0.29) is 6.04 Å². The van der Waals surface area contributed by atoms with Gasteiger partial charge in [0, 0.05) is 29.5 Å². The second-order valence-electron chi connectivity index (χ2n) is 6.94. The van der Waals surface area contributed by atoms with E-state index in [1.807, 2.05) is 42.0 Å². The molecular weight excluding hydrogens is 336 g/mol. The summed E-state index contributed by atoms with van der Waals surface area (Å²) in [5.41, 5.74) is 15.7. The molecule has 3 aromatic rings. The molecule has 0 saturated heterocycles. The van der Waals surface area contributed by atoms with Crippen LogP contribution < -0.4 is 11.5 Å². The Hall–Kier alpha value is -2.02. The number of fused-ring (bicyclic) bond motifs is 1. The lowest BCUT2D eigenvalue weighted by atomic mass is 9.79. The third-order valence-electron chi connectivity index (χ3n) is 5.06. The topological polar surface area (TPSA) is 95.1 Å². The summed E-state index contributed by atoms with van der Waals surface area (Å²) in [5.74, 6) is 0.684. The predicted molar refractivity (Wildman–Crippen MR) is 98.3 cm³/mol. The van der Waals surface area contributed by atoms with Crippen LogP contribution in [-0.4, -0.2) is 25.4 Å². The second-order valence-corrected chi connectivity index (χ2v) is 7.37. The van der Waals surface area contributed by atoms with Gasteiger partial charge in [0.2, 0.25) is 0 Å². The van der Waals surface area contributed by atoms with Crippen molar-refractivity contribution in [3.8, 4) is 11.4 Å². The molecule has 0 aromatic carbocycles. The molecule has 0 aliphatic heterocycles. The summed E-state index contributed by atoms with van der Waals surface area (Å²) < 4.78 is 1.98. The van der Waals surface area contributed by atoms with E-state index in [0.717, 1.165) is 48.3 Å². The summed E-state index contributed by atoms with van der Waals surface area (Å²) >= 11 is 6.06. The number of hydrogen-bond acceptors (Lipinski definition) is 5. The highest BCUT2D eigenvalue weighted by atomic mass is 35.5. The zero-order valence-electron chi connectivity index (χ0n) is 14.1. The Kier molecular flexibility index (Phi) is 3.98. The van der Waals surface area contributed by atoms with Crippen molar-refractivity contribution in [2.45, 2.75) is 44.2 Å². The highest BCUT2D eigenvalue weighted by molar-refractivity contribution is 6.30. The van der Waals surface area contributed by atoms with E-state index in [0.29, 0.717) is 10.8 Å². The van der Waals surface area contributed by atoms with Gasteiger partial charge in [-0.3, -0.25) is 4.40 Å². The van der Waals surface area contributed by atoms with Crippen molar-refractivity contribution in [3.05, 3.63) is 47.1 Å². The van der Waals surface area contributed by atoms with Gasteiger partial charge in [0.15, 0.2) is 0 Å². The highest BCUT2D eigenvalue weighted by Crippen LogP contribution is 2.34. The molecule has 7 heteroatoms. The first-order chi connectivity index (χ1) is 12.0. The molecule has 0 bridgehead atoms. The molecule has 6 nitrogen and oxygen atoms in total. The lowest BCUT2D eigenvalue weighted by Gasteiger charge is -2.34. The van der Waals surface area contributed by atoms with Gasteiger partial charge in [-0.2, -0.15) is 0 Å². The first-order valence-corrected chi connectivity index (χ1v) is 8.86. The number of hydrogen-bond donors (Lipinski definition) is 2. The molecule has 0 amide bonds. The number of aromatic nitrogens is 4. The van der Waals surface area contributed by atoms with Crippen LogP contribution in [0, 0.1) is 6.92 Å². The number of aryl methyl sites for hydroxylation is 1. The van der Waals surface area contributed by atoms with Crippen molar-refractivity contribution in [2.24, 2.45) is 11.5 Å². The van der Waals surface area contributed by atoms with Gasteiger partial charge in [-0.1, -0.05) is 11.6 Å². The van der Waals surface area contributed by atoms with Crippen LogP contribution in [0.25, 0.3) is 17.0 Å². The summed E-state index contributed by atoms with van der Waals surface area (Å²) in [5, 5.41) is 0.657. The fourth-order valence-corrected chi connectivity index (χ4v) is 3.61.